The van der Waals surface area contributed by atoms with Gasteiger partial charge in [0.1, 0.15) is 11.6 Å². The molecule has 0 bridgehead atoms. The molecule has 8 heteroatoms. The zero-order chi connectivity index (χ0) is 21.3. The highest BCUT2D eigenvalue weighted by atomic mass is 19.4. The van der Waals surface area contributed by atoms with Gasteiger partial charge < -0.3 is 4.74 Å². The highest BCUT2D eigenvalue weighted by Gasteiger charge is 2.31. The number of hydrogen-bond donors (Lipinski definition) is 0. The van der Waals surface area contributed by atoms with Crippen molar-refractivity contribution in [3.63, 3.8) is 0 Å². The molecule has 1 aliphatic rings. The molecule has 0 radical (unpaired) electrons. The smallest absolute Gasteiger partial charge is 0.404 e. The topological polar surface area (TPSA) is 57.0 Å². The van der Waals surface area contributed by atoms with E-state index in [1.807, 2.05) is 25.2 Å². The van der Waals surface area contributed by atoms with E-state index >= 15 is 0 Å². The Bertz CT molecular complexity index is 1230. The molecule has 2 heterocycles. The highest BCUT2D eigenvalue weighted by molar-refractivity contribution is 5.94. The van der Waals surface area contributed by atoms with Crippen LogP contribution in [0.3, 0.4) is 0 Å². The van der Waals surface area contributed by atoms with Gasteiger partial charge >= 0.3 is 6.36 Å². The van der Waals surface area contributed by atoms with E-state index in [1.54, 1.807) is 22.8 Å². The van der Waals surface area contributed by atoms with Crippen LogP contribution in [-0.4, -0.2) is 20.9 Å². The lowest BCUT2D eigenvalue weighted by molar-refractivity contribution is -0.274. The van der Waals surface area contributed by atoms with Crippen LogP contribution in [-0.2, 0) is 6.42 Å². The maximum Gasteiger partial charge on any atom is 0.573 e. The van der Waals surface area contributed by atoms with Crippen LogP contribution in [0.5, 0.6) is 5.75 Å². The van der Waals surface area contributed by atoms with Crippen LogP contribution in [0, 0.1) is 0 Å². The van der Waals surface area contributed by atoms with E-state index in [9.17, 15) is 18.0 Å². The molecule has 5 nitrogen and oxygen atoms in total. The fourth-order valence-electron chi connectivity index (χ4n) is 3.54. The van der Waals surface area contributed by atoms with E-state index in [1.165, 1.54) is 12.3 Å². The number of hydrogen-bond acceptors (Lipinski definition) is 4. The first-order valence-corrected chi connectivity index (χ1v) is 9.50. The van der Waals surface area contributed by atoms with Crippen LogP contribution in [0.25, 0.3) is 27.7 Å². The van der Waals surface area contributed by atoms with Crippen LogP contribution >= 0.6 is 0 Å². The Morgan fingerprint density at radius 3 is 2.73 bits per heavy atom. The summed E-state index contributed by atoms with van der Waals surface area (Å²) in [7, 11) is 0. The summed E-state index contributed by atoms with van der Waals surface area (Å²) in [5.74, 6) is 0.170. The van der Waals surface area contributed by atoms with Gasteiger partial charge in [-0.3, -0.25) is 14.3 Å². The molecule has 4 rings (SSSR count). The maximum absolute atomic E-state index is 13.5. The minimum atomic E-state index is -4.83. The van der Waals surface area contributed by atoms with E-state index in [0.717, 1.165) is 24.7 Å². The highest BCUT2D eigenvalue weighted by Crippen LogP contribution is 2.30. The molecule has 3 aromatic rings. The number of allylic oxidation sites excluding steroid dienone is 4. The molecular formula is C22H18F3N3O2. The summed E-state index contributed by atoms with van der Waals surface area (Å²) in [6, 6.07) is 6.32. The zero-order valence-corrected chi connectivity index (χ0v) is 16.1. The molecule has 0 amide bonds. The predicted octanol–water partition coefficient (Wildman–Crippen LogP) is 5.11. The van der Waals surface area contributed by atoms with Gasteiger partial charge in [-0.1, -0.05) is 31.2 Å². The summed E-state index contributed by atoms with van der Waals surface area (Å²) in [6.07, 6.45) is 5.70. The Morgan fingerprint density at radius 1 is 1.20 bits per heavy atom. The molecule has 1 aromatic carbocycles. The molecule has 0 saturated heterocycles. The summed E-state index contributed by atoms with van der Waals surface area (Å²) in [6.45, 7) is 1.92. The second-order valence-electron chi connectivity index (χ2n) is 6.79. The molecule has 0 fully saturated rings. The maximum atomic E-state index is 13.5. The number of benzene rings is 1. The van der Waals surface area contributed by atoms with Gasteiger partial charge in [-0.15, -0.1) is 13.2 Å². The van der Waals surface area contributed by atoms with Gasteiger partial charge in [-0.05, 0) is 36.6 Å². The van der Waals surface area contributed by atoms with Crippen molar-refractivity contribution in [2.24, 2.45) is 0 Å². The van der Waals surface area contributed by atoms with E-state index in [0.29, 0.717) is 34.3 Å². The van der Waals surface area contributed by atoms with E-state index < -0.39 is 12.1 Å². The van der Waals surface area contributed by atoms with Crippen molar-refractivity contribution in [1.82, 2.24) is 14.5 Å². The number of aryl methyl sites for hydroxylation is 1. The molecule has 2 aromatic heterocycles. The molecule has 0 unspecified atom stereocenters. The SMILES string of the molecule is CCc1nc2cccc(-c3cncc(OC(F)(F)F)c3)c2c(=O)n1C1=CCCC=C1. The second-order valence-corrected chi connectivity index (χ2v) is 6.79. The Labute approximate surface area is 170 Å². The quantitative estimate of drug-likeness (QED) is 0.596. The first-order valence-electron chi connectivity index (χ1n) is 9.50. The van der Waals surface area contributed by atoms with Gasteiger partial charge in [0.05, 0.1) is 17.1 Å². The largest absolute Gasteiger partial charge is 0.573 e. The lowest BCUT2D eigenvalue weighted by Gasteiger charge is -2.17. The third kappa shape index (κ3) is 3.85. The van der Waals surface area contributed by atoms with Crippen molar-refractivity contribution in [2.45, 2.75) is 32.5 Å². The summed E-state index contributed by atoms with van der Waals surface area (Å²) >= 11 is 0. The van der Waals surface area contributed by atoms with Crippen LogP contribution in [0.4, 0.5) is 13.2 Å². The van der Waals surface area contributed by atoms with Crippen molar-refractivity contribution in [3.05, 3.63) is 71.1 Å². The zero-order valence-electron chi connectivity index (χ0n) is 16.1. The van der Waals surface area contributed by atoms with Crippen molar-refractivity contribution in [2.75, 3.05) is 0 Å². The molecule has 30 heavy (non-hydrogen) atoms. The van der Waals surface area contributed by atoms with Gasteiger partial charge in [-0.2, -0.15) is 0 Å². The normalized spacial score (nSPS) is 14.1. The standard InChI is InChI=1S/C22H18F3N3O2/c1-2-19-27-18-10-6-9-17(14-11-16(13-26-12-14)30-22(23,24)25)20(18)21(29)28(19)15-7-4-3-5-8-15/h4,6-13H,2-3,5H2,1H3. The summed E-state index contributed by atoms with van der Waals surface area (Å²) in [5, 5.41) is 0.320. The molecule has 0 N–H and O–H groups in total. The second kappa shape index (κ2) is 7.78. The Kier molecular flexibility index (Phi) is 5.15. The van der Waals surface area contributed by atoms with Gasteiger partial charge in [-0.25, -0.2) is 4.98 Å². The third-order valence-corrected chi connectivity index (χ3v) is 4.77. The van der Waals surface area contributed by atoms with Crippen molar-refractivity contribution in [3.8, 4) is 16.9 Å². The summed E-state index contributed by atoms with van der Waals surface area (Å²) < 4.78 is 43.4. The van der Waals surface area contributed by atoms with Crippen LogP contribution in [0.1, 0.15) is 25.6 Å². The number of pyridine rings is 1. The number of halogens is 3. The average molecular weight is 413 g/mol. The first-order chi connectivity index (χ1) is 14.4. The summed E-state index contributed by atoms with van der Waals surface area (Å²) in [4.78, 5) is 22.0. The number of aromatic nitrogens is 3. The van der Waals surface area contributed by atoms with Gasteiger partial charge in [0.15, 0.2) is 0 Å². The van der Waals surface area contributed by atoms with Gasteiger partial charge in [0.25, 0.3) is 5.56 Å². The molecule has 0 aliphatic heterocycles. The first kappa shape index (κ1) is 19.9. The number of rotatable bonds is 4. The molecule has 154 valence electrons. The average Bonchev–Trinajstić information content (AvgIpc) is 2.72. The Balaban J connectivity index is 1.95. The van der Waals surface area contributed by atoms with Crippen LogP contribution in [0.2, 0.25) is 0 Å². The van der Waals surface area contributed by atoms with E-state index in [-0.39, 0.29) is 5.56 Å². The number of ether oxygens (including phenoxy) is 1. The van der Waals surface area contributed by atoms with Crippen LogP contribution < -0.4 is 10.3 Å². The third-order valence-electron chi connectivity index (χ3n) is 4.77. The Hall–Kier alpha value is -3.42. The lowest BCUT2D eigenvalue weighted by Crippen LogP contribution is -2.25. The number of alkyl halides is 3. The fraction of sp³-hybridized carbons (Fsp3) is 0.227. The molecule has 1 aliphatic carbocycles. The Morgan fingerprint density at radius 2 is 2.03 bits per heavy atom. The molecule has 0 atom stereocenters. The monoisotopic (exact) mass is 413 g/mol. The van der Waals surface area contributed by atoms with Crippen molar-refractivity contribution >= 4 is 16.6 Å². The predicted molar refractivity (Wildman–Crippen MR) is 108 cm³/mol. The van der Waals surface area contributed by atoms with Gasteiger partial charge in [0, 0.05) is 23.9 Å². The van der Waals surface area contributed by atoms with Crippen molar-refractivity contribution < 1.29 is 17.9 Å². The summed E-state index contributed by atoms with van der Waals surface area (Å²) in [5.41, 5.74) is 1.74. The molecule has 0 spiro atoms. The lowest BCUT2D eigenvalue weighted by atomic mass is 10.0. The van der Waals surface area contributed by atoms with Gasteiger partial charge in [0.2, 0.25) is 0 Å². The van der Waals surface area contributed by atoms with Crippen molar-refractivity contribution in [1.29, 1.82) is 0 Å². The minimum Gasteiger partial charge on any atom is -0.404 e. The van der Waals surface area contributed by atoms with Crippen LogP contribution in [0.15, 0.2) is 59.7 Å². The molecular weight excluding hydrogens is 395 g/mol. The number of fused-ring (bicyclic) bond motifs is 1. The fourth-order valence-corrected chi connectivity index (χ4v) is 3.54. The minimum absolute atomic E-state index is 0.271. The number of nitrogens with zero attached hydrogens (tertiary/aromatic N) is 3. The molecule has 0 saturated carbocycles. The van der Waals surface area contributed by atoms with E-state index in [2.05, 4.69) is 14.7 Å². The van der Waals surface area contributed by atoms with E-state index in [4.69, 9.17) is 0 Å².